The molecule has 2 aliphatic rings. The molecule has 0 bridgehead atoms. The number of carbonyl (C=O) groups is 1. The van der Waals surface area contributed by atoms with Gasteiger partial charge in [0.05, 0.1) is 31.0 Å². The Morgan fingerprint density at radius 1 is 0.957 bits per heavy atom. The number of hydrogen-bond donors (Lipinski definition) is 2. The Bertz CT molecular complexity index is 1860. The number of aryl methyl sites for hydroxylation is 1. The SMILES string of the molecule is Cc1cc([C@@H]2[C@@H](c3ccccn3)NC(=S)N2CCC(=O)Nc2cccc3ccccc23)c(C)n1-c1ccc(N2CCOCC2)cc1. The van der Waals surface area contributed by atoms with E-state index >= 15 is 0 Å². The van der Waals surface area contributed by atoms with E-state index in [1.54, 1.807) is 0 Å². The number of aromatic nitrogens is 2. The number of amides is 1. The Hall–Kier alpha value is -4.73. The molecule has 2 atom stereocenters. The van der Waals surface area contributed by atoms with Crippen molar-refractivity contribution >= 4 is 45.4 Å². The number of fused-ring (bicyclic) bond motifs is 1. The number of anilines is 2. The van der Waals surface area contributed by atoms with Crippen molar-refractivity contribution in [1.29, 1.82) is 0 Å². The zero-order chi connectivity index (χ0) is 31.6. The standard InChI is InChI=1S/C37H38N6O2S/c1-25-24-31(26(2)43(25)29-15-13-28(14-16-29)41-20-22-45-23-21-41)36-35(33-11-5-6-18-38-33)40-37(46)42(36)19-17-34(44)39-32-12-7-9-27-8-3-4-10-30(27)32/h3-16,18,24,35-36H,17,19-23H2,1-2H3,(H,39,44)(H,40,46)/t35-,36-/m1/s1. The smallest absolute Gasteiger partial charge is 0.226 e. The van der Waals surface area contributed by atoms with E-state index in [0.717, 1.165) is 71.1 Å². The van der Waals surface area contributed by atoms with Crippen LogP contribution in [0.2, 0.25) is 0 Å². The Balaban J connectivity index is 1.17. The van der Waals surface area contributed by atoms with Gasteiger partial charge in [0.2, 0.25) is 5.91 Å². The van der Waals surface area contributed by atoms with Crippen molar-refractivity contribution in [1.82, 2.24) is 19.8 Å². The van der Waals surface area contributed by atoms with Gasteiger partial charge in [-0.05, 0) is 85.5 Å². The minimum absolute atomic E-state index is 0.0509. The molecule has 8 nitrogen and oxygen atoms in total. The lowest BCUT2D eigenvalue weighted by molar-refractivity contribution is -0.116. The van der Waals surface area contributed by atoms with E-state index in [0.29, 0.717) is 11.7 Å². The third-order valence-corrected chi connectivity index (χ3v) is 9.47. The lowest BCUT2D eigenvalue weighted by Gasteiger charge is -2.29. The quantitative estimate of drug-likeness (QED) is 0.190. The highest BCUT2D eigenvalue weighted by Crippen LogP contribution is 2.41. The number of carbonyl (C=O) groups excluding carboxylic acids is 1. The van der Waals surface area contributed by atoms with Gasteiger partial charge in [-0.15, -0.1) is 0 Å². The highest BCUT2D eigenvalue weighted by atomic mass is 32.1. The van der Waals surface area contributed by atoms with E-state index in [-0.39, 0.29) is 24.4 Å². The zero-order valence-corrected chi connectivity index (χ0v) is 27.0. The first-order valence-electron chi connectivity index (χ1n) is 15.9. The van der Waals surface area contributed by atoms with Gasteiger partial charge < -0.3 is 29.7 Å². The molecule has 234 valence electrons. The molecule has 46 heavy (non-hydrogen) atoms. The van der Waals surface area contributed by atoms with E-state index in [1.807, 2.05) is 54.7 Å². The molecule has 0 aliphatic carbocycles. The van der Waals surface area contributed by atoms with Crippen molar-refractivity contribution in [3.8, 4) is 5.69 Å². The van der Waals surface area contributed by atoms with Crippen LogP contribution >= 0.6 is 12.2 Å². The number of benzene rings is 3. The fourth-order valence-electron chi connectivity index (χ4n) is 6.87. The van der Waals surface area contributed by atoms with Crippen molar-refractivity contribution in [3.63, 3.8) is 0 Å². The molecule has 7 rings (SSSR count). The molecule has 3 aromatic carbocycles. The maximum Gasteiger partial charge on any atom is 0.226 e. The van der Waals surface area contributed by atoms with Crippen molar-refractivity contribution in [2.45, 2.75) is 32.4 Å². The second-order valence-corrected chi connectivity index (χ2v) is 12.3. The Labute approximate surface area is 275 Å². The highest BCUT2D eigenvalue weighted by Gasteiger charge is 2.41. The first-order chi connectivity index (χ1) is 22.5. The summed E-state index contributed by atoms with van der Waals surface area (Å²) in [5, 5.41) is 9.42. The molecule has 1 amide bonds. The predicted molar refractivity (Wildman–Crippen MR) is 188 cm³/mol. The summed E-state index contributed by atoms with van der Waals surface area (Å²) in [6.07, 6.45) is 2.11. The van der Waals surface area contributed by atoms with Crippen LogP contribution in [0.4, 0.5) is 11.4 Å². The Morgan fingerprint density at radius 3 is 2.48 bits per heavy atom. The number of rotatable bonds is 8. The summed E-state index contributed by atoms with van der Waals surface area (Å²) in [4.78, 5) is 22.6. The van der Waals surface area contributed by atoms with Gasteiger partial charge in [-0.2, -0.15) is 0 Å². The van der Waals surface area contributed by atoms with Gasteiger partial charge in [0.25, 0.3) is 0 Å². The summed E-state index contributed by atoms with van der Waals surface area (Å²) in [6, 6.07) is 30.7. The highest BCUT2D eigenvalue weighted by molar-refractivity contribution is 7.80. The second-order valence-electron chi connectivity index (χ2n) is 11.9. The summed E-state index contributed by atoms with van der Waals surface area (Å²) in [5.74, 6) is -0.0509. The van der Waals surface area contributed by atoms with Gasteiger partial charge in [0, 0.05) is 66.1 Å². The molecule has 0 unspecified atom stereocenters. The van der Waals surface area contributed by atoms with E-state index in [4.69, 9.17) is 21.9 Å². The number of nitrogens with one attached hydrogen (secondary N) is 2. The summed E-state index contributed by atoms with van der Waals surface area (Å²) in [5.41, 5.74) is 7.49. The van der Waals surface area contributed by atoms with Crippen LogP contribution < -0.4 is 15.5 Å². The first kappa shape index (κ1) is 30.0. The fraction of sp³-hybridized carbons (Fsp3) is 0.270. The van der Waals surface area contributed by atoms with Crippen LogP contribution in [0.3, 0.4) is 0 Å². The summed E-state index contributed by atoms with van der Waals surface area (Å²) in [7, 11) is 0. The molecule has 0 saturated carbocycles. The normalized spacial score (nSPS) is 18.2. The van der Waals surface area contributed by atoms with Crippen LogP contribution in [0.25, 0.3) is 16.5 Å². The van der Waals surface area contributed by atoms with E-state index < -0.39 is 0 Å². The molecule has 0 spiro atoms. The number of hydrogen-bond acceptors (Lipinski definition) is 5. The monoisotopic (exact) mass is 630 g/mol. The van der Waals surface area contributed by atoms with Crippen LogP contribution in [0.5, 0.6) is 0 Å². The van der Waals surface area contributed by atoms with E-state index in [2.05, 4.69) is 81.3 Å². The molecular weight excluding hydrogens is 593 g/mol. The van der Waals surface area contributed by atoms with Gasteiger partial charge in [0.1, 0.15) is 0 Å². The van der Waals surface area contributed by atoms with E-state index in [9.17, 15) is 4.79 Å². The predicted octanol–water partition coefficient (Wildman–Crippen LogP) is 6.48. The molecule has 2 N–H and O–H groups in total. The molecule has 2 aliphatic heterocycles. The van der Waals surface area contributed by atoms with Crippen LogP contribution in [0, 0.1) is 13.8 Å². The molecular formula is C37H38N6O2S. The lowest BCUT2D eigenvalue weighted by Crippen LogP contribution is -2.36. The van der Waals surface area contributed by atoms with Crippen molar-refractivity contribution in [2.75, 3.05) is 43.1 Å². The maximum atomic E-state index is 13.3. The molecule has 0 radical (unpaired) electrons. The third-order valence-electron chi connectivity index (χ3n) is 9.11. The summed E-state index contributed by atoms with van der Waals surface area (Å²) < 4.78 is 7.84. The van der Waals surface area contributed by atoms with E-state index in [1.165, 1.54) is 5.69 Å². The lowest BCUT2D eigenvalue weighted by atomic mass is 9.96. The van der Waals surface area contributed by atoms with Gasteiger partial charge in [-0.25, -0.2) is 0 Å². The Kier molecular flexibility index (Phi) is 8.43. The Morgan fingerprint density at radius 2 is 1.70 bits per heavy atom. The largest absolute Gasteiger partial charge is 0.378 e. The summed E-state index contributed by atoms with van der Waals surface area (Å²) >= 11 is 5.93. The summed E-state index contributed by atoms with van der Waals surface area (Å²) in [6.45, 7) is 8.11. The number of morpholine rings is 1. The molecule has 2 fully saturated rings. The van der Waals surface area contributed by atoms with Crippen molar-refractivity contribution in [3.05, 3.63) is 120 Å². The van der Waals surface area contributed by atoms with Crippen LogP contribution in [0.1, 0.15) is 41.1 Å². The molecule has 9 heteroatoms. The number of thiocarbonyl (C=S) groups is 1. The van der Waals surface area contributed by atoms with Gasteiger partial charge >= 0.3 is 0 Å². The fourth-order valence-corrected chi connectivity index (χ4v) is 7.20. The first-order valence-corrected chi connectivity index (χ1v) is 16.3. The van der Waals surface area contributed by atoms with Gasteiger partial charge in [-0.1, -0.05) is 42.5 Å². The zero-order valence-electron chi connectivity index (χ0n) is 26.1. The number of nitrogens with zero attached hydrogens (tertiary/aromatic N) is 4. The van der Waals surface area contributed by atoms with Crippen LogP contribution in [-0.4, -0.2) is 58.3 Å². The minimum atomic E-state index is -0.160. The average molecular weight is 631 g/mol. The topological polar surface area (TPSA) is 74.7 Å². The van der Waals surface area contributed by atoms with Crippen molar-refractivity contribution in [2.24, 2.45) is 0 Å². The third kappa shape index (κ3) is 5.84. The van der Waals surface area contributed by atoms with Crippen molar-refractivity contribution < 1.29 is 9.53 Å². The van der Waals surface area contributed by atoms with Gasteiger partial charge in [0.15, 0.2) is 5.11 Å². The van der Waals surface area contributed by atoms with Crippen LogP contribution in [-0.2, 0) is 9.53 Å². The van der Waals surface area contributed by atoms with Crippen LogP contribution in [0.15, 0.2) is 97.2 Å². The average Bonchev–Trinajstić information content (AvgIpc) is 3.58. The number of ether oxygens (including phenoxy) is 1. The van der Waals surface area contributed by atoms with Gasteiger partial charge in [-0.3, -0.25) is 9.78 Å². The molecule has 5 aromatic rings. The maximum absolute atomic E-state index is 13.3. The molecule has 4 heterocycles. The molecule has 2 saturated heterocycles. The number of pyridine rings is 1. The molecule has 2 aromatic heterocycles. The second kappa shape index (κ2) is 12.9. The minimum Gasteiger partial charge on any atom is -0.378 e.